The minimum absolute atomic E-state index is 1.21. The molecule has 0 heterocycles. The maximum Gasteiger partial charge on any atom is -0.0149 e. The average Bonchev–Trinajstić information content (AvgIpc) is 2.49. The number of hydrogen-bond donors (Lipinski definition) is 0. The first-order valence-corrected chi connectivity index (χ1v) is 7.19. The Hall–Kier alpha value is -2.34. The van der Waals surface area contributed by atoms with E-state index in [1.54, 1.807) is 0 Å². The molecule has 0 amide bonds. The molecule has 0 heteroatoms. The lowest BCUT2D eigenvalue weighted by atomic mass is 9.78. The van der Waals surface area contributed by atoms with Gasteiger partial charge in [0.15, 0.2) is 0 Å². The molecule has 0 unspecified atom stereocenters. The minimum atomic E-state index is 1.21. The summed E-state index contributed by atoms with van der Waals surface area (Å²) >= 11 is 0. The molecule has 1 aliphatic carbocycles. The highest BCUT2D eigenvalue weighted by atomic mass is 14.3. The first kappa shape index (κ1) is 11.5. The van der Waals surface area contributed by atoms with E-state index >= 15 is 0 Å². The number of rotatable bonds is 2. The Morgan fingerprint density at radius 3 is 1.20 bits per heavy atom. The van der Waals surface area contributed by atoms with Crippen molar-refractivity contribution in [3.63, 3.8) is 0 Å². The smallest absolute Gasteiger partial charge is 0.0149 e. The van der Waals surface area contributed by atoms with Gasteiger partial charge in [-0.2, -0.15) is 0 Å². The van der Waals surface area contributed by atoms with Gasteiger partial charge >= 0.3 is 0 Å². The third kappa shape index (κ3) is 1.77. The van der Waals surface area contributed by atoms with E-state index in [1.165, 1.54) is 46.2 Å². The third-order valence-electron chi connectivity index (χ3n) is 4.23. The molecule has 3 aromatic rings. The minimum Gasteiger partial charge on any atom is -0.0622 e. The van der Waals surface area contributed by atoms with Crippen LogP contribution in [0.1, 0.15) is 11.1 Å². The van der Waals surface area contributed by atoms with Gasteiger partial charge in [-0.25, -0.2) is 0 Å². The van der Waals surface area contributed by atoms with Crippen LogP contribution in [0.2, 0.25) is 0 Å². The second-order valence-electron chi connectivity index (χ2n) is 5.35. The van der Waals surface area contributed by atoms with Gasteiger partial charge < -0.3 is 0 Å². The Morgan fingerprint density at radius 1 is 0.450 bits per heavy atom. The van der Waals surface area contributed by atoms with E-state index in [4.69, 9.17) is 0 Å². The SMILES string of the molecule is c1ccc(-c2ccc(-c3ccccc3)c3c2CC3)cc1. The lowest BCUT2D eigenvalue weighted by molar-refractivity contribution is 0.845. The van der Waals surface area contributed by atoms with Gasteiger partial charge in [-0.05, 0) is 46.2 Å². The molecule has 3 aromatic carbocycles. The van der Waals surface area contributed by atoms with Crippen LogP contribution in [0.4, 0.5) is 0 Å². The molecule has 0 bridgehead atoms. The zero-order valence-electron chi connectivity index (χ0n) is 11.3. The Labute approximate surface area is 119 Å². The first-order valence-electron chi connectivity index (χ1n) is 7.19. The highest BCUT2D eigenvalue weighted by molar-refractivity contribution is 5.79. The predicted molar refractivity (Wildman–Crippen MR) is 84.7 cm³/mol. The normalized spacial score (nSPS) is 12.6. The summed E-state index contributed by atoms with van der Waals surface area (Å²) in [6.45, 7) is 0. The molecule has 0 saturated carbocycles. The summed E-state index contributed by atoms with van der Waals surface area (Å²) in [6.07, 6.45) is 2.42. The van der Waals surface area contributed by atoms with E-state index < -0.39 is 0 Å². The third-order valence-corrected chi connectivity index (χ3v) is 4.23. The van der Waals surface area contributed by atoms with E-state index in [9.17, 15) is 0 Å². The van der Waals surface area contributed by atoms with Crippen LogP contribution in [-0.4, -0.2) is 0 Å². The van der Waals surface area contributed by atoms with Crippen LogP contribution in [0.15, 0.2) is 72.8 Å². The second-order valence-corrected chi connectivity index (χ2v) is 5.35. The van der Waals surface area contributed by atoms with Crippen molar-refractivity contribution in [2.75, 3.05) is 0 Å². The quantitative estimate of drug-likeness (QED) is 0.597. The summed E-state index contributed by atoms with van der Waals surface area (Å²) < 4.78 is 0. The fraction of sp³-hybridized carbons (Fsp3) is 0.100. The van der Waals surface area contributed by atoms with Crippen molar-refractivity contribution < 1.29 is 0 Å². The molecule has 96 valence electrons. The van der Waals surface area contributed by atoms with Crippen LogP contribution in [-0.2, 0) is 12.8 Å². The van der Waals surface area contributed by atoms with Gasteiger partial charge in [-0.15, -0.1) is 0 Å². The Bertz CT molecular complexity index is 673. The zero-order chi connectivity index (χ0) is 13.4. The summed E-state index contributed by atoms with van der Waals surface area (Å²) in [5.41, 5.74) is 8.57. The van der Waals surface area contributed by atoms with E-state index in [-0.39, 0.29) is 0 Å². The molecule has 0 aromatic heterocycles. The van der Waals surface area contributed by atoms with Crippen molar-refractivity contribution in [2.24, 2.45) is 0 Å². The Morgan fingerprint density at radius 2 is 0.850 bits per heavy atom. The molecule has 0 aliphatic heterocycles. The second kappa shape index (κ2) is 4.64. The van der Waals surface area contributed by atoms with Crippen LogP contribution in [0.25, 0.3) is 22.3 Å². The van der Waals surface area contributed by atoms with Crippen LogP contribution in [0.3, 0.4) is 0 Å². The van der Waals surface area contributed by atoms with Crippen molar-refractivity contribution in [3.8, 4) is 22.3 Å². The highest BCUT2D eigenvalue weighted by Gasteiger charge is 2.21. The van der Waals surface area contributed by atoms with Crippen LogP contribution in [0, 0.1) is 0 Å². The Balaban J connectivity index is 1.86. The molecular weight excluding hydrogens is 240 g/mol. The highest BCUT2D eigenvalue weighted by Crippen LogP contribution is 2.39. The topological polar surface area (TPSA) is 0 Å². The molecule has 0 fully saturated rings. The van der Waals surface area contributed by atoms with Crippen LogP contribution < -0.4 is 0 Å². The molecular formula is C20H16. The van der Waals surface area contributed by atoms with E-state index in [0.717, 1.165) is 0 Å². The average molecular weight is 256 g/mol. The van der Waals surface area contributed by atoms with E-state index in [2.05, 4.69) is 72.8 Å². The molecule has 0 nitrogen and oxygen atoms in total. The molecule has 0 saturated heterocycles. The van der Waals surface area contributed by atoms with Crippen molar-refractivity contribution in [3.05, 3.63) is 83.9 Å². The fourth-order valence-electron chi connectivity index (χ4n) is 3.11. The molecule has 4 rings (SSSR count). The largest absolute Gasteiger partial charge is 0.0622 e. The lowest BCUT2D eigenvalue weighted by Gasteiger charge is -2.26. The van der Waals surface area contributed by atoms with Crippen LogP contribution in [0.5, 0.6) is 0 Å². The van der Waals surface area contributed by atoms with Crippen molar-refractivity contribution in [1.29, 1.82) is 0 Å². The van der Waals surface area contributed by atoms with Crippen molar-refractivity contribution in [2.45, 2.75) is 12.8 Å². The predicted octanol–water partition coefficient (Wildman–Crippen LogP) is 5.12. The zero-order valence-corrected chi connectivity index (χ0v) is 11.3. The fourth-order valence-corrected chi connectivity index (χ4v) is 3.11. The summed E-state index contributed by atoms with van der Waals surface area (Å²) in [6, 6.07) is 26.0. The maximum atomic E-state index is 2.29. The van der Waals surface area contributed by atoms with E-state index in [1.807, 2.05) is 0 Å². The maximum absolute atomic E-state index is 2.29. The Kier molecular flexibility index (Phi) is 2.67. The van der Waals surface area contributed by atoms with Gasteiger partial charge in [0.2, 0.25) is 0 Å². The summed E-state index contributed by atoms with van der Waals surface area (Å²) in [5.74, 6) is 0. The lowest BCUT2D eigenvalue weighted by Crippen LogP contribution is -2.12. The number of fused-ring (bicyclic) bond motifs is 1. The van der Waals surface area contributed by atoms with Crippen molar-refractivity contribution >= 4 is 0 Å². The van der Waals surface area contributed by atoms with E-state index in [0.29, 0.717) is 0 Å². The monoisotopic (exact) mass is 256 g/mol. The summed E-state index contributed by atoms with van der Waals surface area (Å²) in [5, 5.41) is 0. The van der Waals surface area contributed by atoms with Gasteiger partial charge in [-0.1, -0.05) is 72.8 Å². The number of benzene rings is 3. The van der Waals surface area contributed by atoms with Crippen molar-refractivity contribution in [1.82, 2.24) is 0 Å². The molecule has 1 aliphatic rings. The molecule has 0 N–H and O–H groups in total. The number of hydrogen-bond acceptors (Lipinski definition) is 0. The molecule has 0 spiro atoms. The molecule has 20 heavy (non-hydrogen) atoms. The summed E-state index contributed by atoms with van der Waals surface area (Å²) in [4.78, 5) is 0. The van der Waals surface area contributed by atoms with Gasteiger partial charge in [0, 0.05) is 0 Å². The molecule has 0 radical (unpaired) electrons. The van der Waals surface area contributed by atoms with Gasteiger partial charge in [0.25, 0.3) is 0 Å². The standard InChI is InChI=1S/C20H16/c1-3-7-15(8-4-1)17-11-12-18(20-14-13-19(17)20)16-9-5-2-6-10-16/h1-12H,13-14H2. The summed E-state index contributed by atoms with van der Waals surface area (Å²) in [7, 11) is 0. The first-order chi connectivity index (χ1) is 9.93. The molecule has 0 atom stereocenters. The van der Waals surface area contributed by atoms with Crippen LogP contribution >= 0.6 is 0 Å². The van der Waals surface area contributed by atoms with Gasteiger partial charge in [0.05, 0.1) is 0 Å². The van der Waals surface area contributed by atoms with Gasteiger partial charge in [0.1, 0.15) is 0 Å². The van der Waals surface area contributed by atoms with Gasteiger partial charge in [-0.3, -0.25) is 0 Å².